The number of carbonyl (C=O) groups is 1. The van der Waals surface area contributed by atoms with Crippen LogP contribution >= 0.6 is 0 Å². The van der Waals surface area contributed by atoms with E-state index in [-0.39, 0.29) is 11.9 Å². The van der Waals surface area contributed by atoms with Gasteiger partial charge in [-0.2, -0.15) is 0 Å². The molecule has 3 unspecified atom stereocenters. The molecule has 0 radical (unpaired) electrons. The van der Waals surface area contributed by atoms with Gasteiger partial charge in [0.05, 0.1) is 12.1 Å². The van der Waals surface area contributed by atoms with E-state index in [1.54, 1.807) is 7.11 Å². The number of rotatable bonds is 6. The fourth-order valence-corrected chi connectivity index (χ4v) is 3.00. The molecule has 0 heterocycles. The fourth-order valence-electron chi connectivity index (χ4n) is 3.00. The van der Waals surface area contributed by atoms with Crippen LogP contribution in [0.25, 0.3) is 0 Å². The first-order valence-corrected chi connectivity index (χ1v) is 7.53. The molecule has 0 spiro atoms. The van der Waals surface area contributed by atoms with Gasteiger partial charge in [0.2, 0.25) is 5.91 Å². The van der Waals surface area contributed by atoms with Gasteiger partial charge < -0.3 is 15.4 Å². The largest absolute Gasteiger partial charge is 0.383 e. The minimum atomic E-state index is -0.658. The Hall–Kier alpha value is -0.610. The molecule has 1 aliphatic rings. The van der Waals surface area contributed by atoms with Gasteiger partial charge in [0.25, 0.3) is 0 Å². The lowest BCUT2D eigenvalue weighted by Crippen LogP contribution is -2.59. The molecule has 19 heavy (non-hydrogen) atoms. The van der Waals surface area contributed by atoms with E-state index >= 15 is 0 Å². The third kappa shape index (κ3) is 4.18. The highest BCUT2D eigenvalue weighted by atomic mass is 16.5. The number of hydrogen-bond donors (Lipinski definition) is 1. The molecule has 1 saturated carbocycles. The second kappa shape index (κ2) is 7.25. The normalized spacial score (nSPS) is 29.0. The monoisotopic (exact) mass is 270 g/mol. The lowest BCUT2D eigenvalue weighted by Gasteiger charge is -2.41. The van der Waals surface area contributed by atoms with Gasteiger partial charge in [-0.3, -0.25) is 4.79 Å². The van der Waals surface area contributed by atoms with Gasteiger partial charge in [0.1, 0.15) is 0 Å². The van der Waals surface area contributed by atoms with Gasteiger partial charge in [-0.25, -0.2) is 0 Å². The quantitative estimate of drug-likeness (QED) is 0.804. The Morgan fingerprint density at radius 3 is 2.79 bits per heavy atom. The lowest BCUT2D eigenvalue weighted by atomic mass is 9.76. The van der Waals surface area contributed by atoms with E-state index in [1.165, 1.54) is 6.42 Å². The molecule has 0 bridgehead atoms. The van der Waals surface area contributed by atoms with Gasteiger partial charge in [-0.15, -0.1) is 0 Å². The summed E-state index contributed by atoms with van der Waals surface area (Å²) < 4.78 is 5.12. The molecule has 0 aliphatic heterocycles. The molecule has 4 nitrogen and oxygen atoms in total. The molecular weight excluding hydrogens is 240 g/mol. The summed E-state index contributed by atoms with van der Waals surface area (Å²) in [5.41, 5.74) is 5.77. The average molecular weight is 270 g/mol. The van der Waals surface area contributed by atoms with E-state index in [1.807, 2.05) is 4.90 Å². The third-order valence-corrected chi connectivity index (χ3v) is 4.38. The van der Waals surface area contributed by atoms with Crippen molar-refractivity contribution in [2.45, 2.75) is 64.5 Å². The van der Waals surface area contributed by atoms with Crippen LogP contribution in [0, 0.1) is 5.92 Å². The maximum Gasteiger partial charge on any atom is 0.242 e. The zero-order valence-corrected chi connectivity index (χ0v) is 12.9. The molecule has 112 valence electrons. The number of nitrogens with two attached hydrogens (primary N) is 1. The predicted octanol–water partition coefficient (Wildman–Crippen LogP) is 2.17. The number of nitrogens with zero attached hydrogens (tertiary/aromatic N) is 1. The Bertz CT molecular complexity index is 296. The number of ether oxygens (including phenoxy) is 1. The van der Waals surface area contributed by atoms with Gasteiger partial charge in [0.15, 0.2) is 0 Å². The van der Waals surface area contributed by atoms with E-state index in [0.717, 1.165) is 25.7 Å². The minimum Gasteiger partial charge on any atom is -0.383 e. The Morgan fingerprint density at radius 2 is 2.26 bits per heavy atom. The molecule has 0 aromatic rings. The summed E-state index contributed by atoms with van der Waals surface area (Å²) in [6.07, 6.45) is 4.82. The van der Waals surface area contributed by atoms with Crippen LogP contribution < -0.4 is 5.73 Å². The summed E-state index contributed by atoms with van der Waals surface area (Å²) in [5.74, 6) is 0.661. The van der Waals surface area contributed by atoms with Gasteiger partial charge in [-0.1, -0.05) is 26.7 Å². The summed E-state index contributed by atoms with van der Waals surface area (Å²) in [7, 11) is 1.67. The maximum atomic E-state index is 12.8. The molecule has 0 aromatic heterocycles. The summed E-state index contributed by atoms with van der Waals surface area (Å²) >= 11 is 0. The van der Waals surface area contributed by atoms with E-state index < -0.39 is 5.54 Å². The zero-order valence-electron chi connectivity index (χ0n) is 12.9. The molecular formula is C15H30N2O2. The van der Waals surface area contributed by atoms with Crippen molar-refractivity contribution in [3.8, 4) is 0 Å². The van der Waals surface area contributed by atoms with E-state index in [2.05, 4.69) is 20.8 Å². The fraction of sp³-hybridized carbons (Fsp3) is 0.933. The lowest BCUT2D eigenvalue weighted by molar-refractivity contribution is -0.141. The number of amides is 1. The topological polar surface area (TPSA) is 55.6 Å². The zero-order chi connectivity index (χ0) is 14.5. The van der Waals surface area contributed by atoms with E-state index in [4.69, 9.17) is 10.5 Å². The molecule has 1 amide bonds. The standard InChI is InChI=1S/C15H30N2O2/c1-5-13(3)17(9-10-19-4)14(18)15(16)8-6-7-12(2)11-15/h12-13H,5-11,16H2,1-4H3. The van der Waals surface area contributed by atoms with Crippen molar-refractivity contribution in [1.82, 2.24) is 4.90 Å². The van der Waals surface area contributed by atoms with Crippen molar-refractivity contribution in [2.24, 2.45) is 11.7 Å². The smallest absolute Gasteiger partial charge is 0.242 e. The second-order valence-corrected chi connectivity index (χ2v) is 6.11. The van der Waals surface area contributed by atoms with Gasteiger partial charge in [-0.05, 0) is 32.1 Å². The Morgan fingerprint density at radius 1 is 1.58 bits per heavy atom. The van der Waals surface area contributed by atoms with E-state index in [0.29, 0.717) is 19.1 Å². The highest BCUT2D eigenvalue weighted by Gasteiger charge is 2.41. The van der Waals surface area contributed by atoms with Crippen molar-refractivity contribution in [3.63, 3.8) is 0 Å². The highest BCUT2D eigenvalue weighted by molar-refractivity contribution is 5.86. The third-order valence-electron chi connectivity index (χ3n) is 4.38. The summed E-state index contributed by atoms with van der Waals surface area (Å²) in [6.45, 7) is 7.59. The summed E-state index contributed by atoms with van der Waals surface area (Å²) in [6, 6.07) is 0.223. The van der Waals surface area contributed by atoms with Crippen molar-refractivity contribution >= 4 is 5.91 Å². The number of methoxy groups -OCH3 is 1. The molecule has 0 aromatic carbocycles. The molecule has 1 rings (SSSR count). The van der Waals surface area contributed by atoms with Crippen molar-refractivity contribution in [3.05, 3.63) is 0 Å². The summed E-state index contributed by atoms with van der Waals surface area (Å²) in [4.78, 5) is 14.7. The van der Waals surface area contributed by atoms with Crippen molar-refractivity contribution in [1.29, 1.82) is 0 Å². The van der Waals surface area contributed by atoms with Crippen LogP contribution in [0.3, 0.4) is 0 Å². The predicted molar refractivity (Wildman–Crippen MR) is 77.9 cm³/mol. The molecule has 2 N–H and O–H groups in total. The number of carbonyl (C=O) groups excluding carboxylic acids is 1. The molecule has 3 atom stereocenters. The highest BCUT2D eigenvalue weighted by Crippen LogP contribution is 2.32. The molecule has 1 fully saturated rings. The molecule has 1 aliphatic carbocycles. The summed E-state index contributed by atoms with van der Waals surface area (Å²) in [5, 5.41) is 0. The molecule has 0 saturated heterocycles. The van der Waals surface area contributed by atoms with Crippen LogP contribution in [0.15, 0.2) is 0 Å². The van der Waals surface area contributed by atoms with Crippen LogP contribution in [0.1, 0.15) is 52.9 Å². The second-order valence-electron chi connectivity index (χ2n) is 6.11. The van der Waals surface area contributed by atoms with Crippen LogP contribution in [0.2, 0.25) is 0 Å². The number of hydrogen-bond acceptors (Lipinski definition) is 3. The first-order valence-electron chi connectivity index (χ1n) is 7.53. The van der Waals surface area contributed by atoms with Gasteiger partial charge >= 0.3 is 0 Å². The average Bonchev–Trinajstić information content (AvgIpc) is 2.38. The van der Waals surface area contributed by atoms with Crippen molar-refractivity contribution in [2.75, 3.05) is 20.3 Å². The Kier molecular flexibility index (Phi) is 6.27. The first-order chi connectivity index (χ1) is 8.94. The maximum absolute atomic E-state index is 12.8. The Balaban J connectivity index is 2.79. The SMILES string of the molecule is CCC(C)N(CCOC)C(=O)C1(N)CCCC(C)C1. The first kappa shape index (κ1) is 16.4. The van der Waals surface area contributed by atoms with E-state index in [9.17, 15) is 4.79 Å². The van der Waals surface area contributed by atoms with Crippen LogP contribution in [-0.4, -0.2) is 42.6 Å². The van der Waals surface area contributed by atoms with Crippen LogP contribution in [0.4, 0.5) is 0 Å². The van der Waals surface area contributed by atoms with Crippen molar-refractivity contribution < 1.29 is 9.53 Å². The minimum absolute atomic E-state index is 0.116. The van der Waals surface area contributed by atoms with Crippen LogP contribution in [-0.2, 0) is 9.53 Å². The molecule has 4 heteroatoms. The van der Waals surface area contributed by atoms with Gasteiger partial charge in [0, 0.05) is 19.7 Å². The Labute approximate surface area is 117 Å². The van der Waals surface area contributed by atoms with Crippen LogP contribution in [0.5, 0.6) is 0 Å².